The van der Waals surface area contributed by atoms with Crippen LogP contribution in [0, 0.1) is 0 Å². The molecular formula is C11H16N2O5S2. The van der Waals surface area contributed by atoms with Gasteiger partial charge in [0, 0.05) is 6.54 Å². The van der Waals surface area contributed by atoms with Crippen LogP contribution in [0.3, 0.4) is 0 Å². The Kier molecular flexibility index (Phi) is 4.43. The summed E-state index contributed by atoms with van der Waals surface area (Å²) in [5.74, 6) is -0.800. The molecule has 1 aliphatic carbocycles. The van der Waals surface area contributed by atoms with Crippen LogP contribution in [0.5, 0.6) is 0 Å². The number of sulfonamides is 1. The number of aromatic nitrogens is 1. The average molecular weight is 320 g/mol. The Hall–Kier alpha value is -1.03. The van der Waals surface area contributed by atoms with E-state index in [1.807, 2.05) is 0 Å². The van der Waals surface area contributed by atoms with E-state index in [9.17, 15) is 18.3 Å². The molecule has 0 amide bonds. The quantitative estimate of drug-likeness (QED) is 0.766. The first-order chi connectivity index (χ1) is 9.38. The van der Waals surface area contributed by atoms with E-state index in [2.05, 4.69) is 14.4 Å². The lowest BCUT2D eigenvalue weighted by atomic mass is 10.0. The number of thiazole rings is 1. The summed E-state index contributed by atoms with van der Waals surface area (Å²) in [4.78, 5) is 15.2. The summed E-state index contributed by atoms with van der Waals surface area (Å²) < 4.78 is 31.0. The van der Waals surface area contributed by atoms with Crippen molar-refractivity contribution in [1.82, 2.24) is 9.71 Å². The topological polar surface area (TPSA) is 106 Å². The highest BCUT2D eigenvalue weighted by atomic mass is 32.2. The van der Waals surface area contributed by atoms with Crippen LogP contribution in [0.4, 0.5) is 0 Å². The van der Waals surface area contributed by atoms with Crippen LogP contribution >= 0.6 is 11.3 Å². The standard InChI is InChI=1S/C11H16N2O5S2/c1-18-9(14)8-10(19-7-12-8)20(16,17)13-6-11(15)4-2-3-5-11/h7,13,15H,2-6H2,1H3. The highest BCUT2D eigenvalue weighted by Gasteiger charge is 2.34. The molecule has 112 valence electrons. The van der Waals surface area contributed by atoms with Crippen molar-refractivity contribution in [1.29, 1.82) is 0 Å². The maximum Gasteiger partial charge on any atom is 0.358 e. The molecule has 2 N–H and O–H groups in total. The van der Waals surface area contributed by atoms with Crippen molar-refractivity contribution < 1.29 is 23.1 Å². The highest BCUT2D eigenvalue weighted by molar-refractivity contribution is 7.91. The number of aliphatic hydroxyl groups is 1. The Morgan fingerprint density at radius 3 is 2.80 bits per heavy atom. The summed E-state index contributed by atoms with van der Waals surface area (Å²) >= 11 is 0.838. The third kappa shape index (κ3) is 3.17. The van der Waals surface area contributed by atoms with Gasteiger partial charge in [-0.15, -0.1) is 11.3 Å². The van der Waals surface area contributed by atoms with E-state index < -0.39 is 21.6 Å². The van der Waals surface area contributed by atoms with E-state index >= 15 is 0 Å². The van der Waals surface area contributed by atoms with Gasteiger partial charge in [-0.2, -0.15) is 0 Å². The van der Waals surface area contributed by atoms with Gasteiger partial charge in [0.05, 0.1) is 18.2 Å². The van der Waals surface area contributed by atoms with Gasteiger partial charge in [0.1, 0.15) is 0 Å². The van der Waals surface area contributed by atoms with Crippen molar-refractivity contribution in [3.05, 3.63) is 11.2 Å². The first kappa shape index (κ1) is 15.4. The SMILES string of the molecule is COC(=O)c1ncsc1S(=O)(=O)NCC1(O)CCCC1. The van der Waals surface area contributed by atoms with Gasteiger partial charge < -0.3 is 9.84 Å². The van der Waals surface area contributed by atoms with Crippen LogP contribution in [-0.2, 0) is 14.8 Å². The molecule has 0 unspecified atom stereocenters. The van der Waals surface area contributed by atoms with Crippen LogP contribution < -0.4 is 4.72 Å². The number of nitrogens with one attached hydrogen (secondary N) is 1. The lowest BCUT2D eigenvalue weighted by Gasteiger charge is -2.22. The fraction of sp³-hybridized carbons (Fsp3) is 0.636. The third-order valence-electron chi connectivity index (χ3n) is 3.28. The molecule has 1 fully saturated rings. The fourth-order valence-electron chi connectivity index (χ4n) is 2.16. The fourth-order valence-corrected chi connectivity index (χ4v) is 4.46. The number of esters is 1. The van der Waals surface area contributed by atoms with Gasteiger partial charge >= 0.3 is 5.97 Å². The van der Waals surface area contributed by atoms with Gasteiger partial charge in [0.15, 0.2) is 9.90 Å². The summed E-state index contributed by atoms with van der Waals surface area (Å²) in [6, 6.07) is 0. The van der Waals surface area contributed by atoms with E-state index in [-0.39, 0.29) is 16.4 Å². The number of carbonyl (C=O) groups excluding carboxylic acids is 1. The number of nitrogens with zero attached hydrogens (tertiary/aromatic N) is 1. The molecule has 0 aliphatic heterocycles. The lowest BCUT2D eigenvalue weighted by molar-refractivity contribution is 0.0532. The lowest BCUT2D eigenvalue weighted by Crippen LogP contribution is -2.40. The van der Waals surface area contributed by atoms with Crippen LogP contribution in [0.2, 0.25) is 0 Å². The summed E-state index contributed by atoms with van der Waals surface area (Å²) in [5, 5.41) is 10.1. The number of ether oxygens (including phenoxy) is 1. The van der Waals surface area contributed by atoms with Crippen molar-refractivity contribution in [3.8, 4) is 0 Å². The Labute approximate surface area is 121 Å². The smallest absolute Gasteiger partial charge is 0.358 e. The minimum absolute atomic E-state index is 0.0617. The van der Waals surface area contributed by atoms with Crippen LogP contribution in [0.1, 0.15) is 36.2 Å². The maximum absolute atomic E-state index is 12.2. The van der Waals surface area contributed by atoms with Gasteiger partial charge in [-0.3, -0.25) is 0 Å². The van der Waals surface area contributed by atoms with Crippen molar-refractivity contribution in [2.45, 2.75) is 35.5 Å². The highest BCUT2D eigenvalue weighted by Crippen LogP contribution is 2.29. The van der Waals surface area contributed by atoms with Gasteiger partial charge in [-0.05, 0) is 12.8 Å². The molecule has 1 heterocycles. The van der Waals surface area contributed by atoms with E-state index in [0.717, 1.165) is 31.3 Å². The second-order valence-electron chi connectivity index (χ2n) is 4.74. The average Bonchev–Trinajstić information content (AvgIpc) is 3.05. The largest absolute Gasteiger partial charge is 0.464 e. The monoisotopic (exact) mass is 320 g/mol. The Bertz CT molecular complexity index is 590. The minimum Gasteiger partial charge on any atom is -0.464 e. The summed E-state index contributed by atoms with van der Waals surface area (Å²) in [6.45, 7) is -0.0617. The molecule has 0 bridgehead atoms. The number of carbonyl (C=O) groups is 1. The molecular weight excluding hydrogens is 304 g/mol. The van der Waals surface area contributed by atoms with Crippen molar-refractivity contribution in [2.24, 2.45) is 0 Å². The Balaban J connectivity index is 2.14. The van der Waals surface area contributed by atoms with Crippen LogP contribution in [0.15, 0.2) is 9.72 Å². The van der Waals surface area contributed by atoms with Crippen LogP contribution in [-0.4, -0.2) is 43.7 Å². The molecule has 1 aromatic heterocycles. The van der Waals surface area contributed by atoms with E-state index in [4.69, 9.17) is 0 Å². The van der Waals surface area contributed by atoms with Crippen molar-refractivity contribution >= 4 is 27.3 Å². The zero-order valence-corrected chi connectivity index (χ0v) is 12.6. The van der Waals surface area contributed by atoms with Gasteiger partial charge in [-0.25, -0.2) is 22.9 Å². The summed E-state index contributed by atoms with van der Waals surface area (Å²) in [5.41, 5.74) is 0.0392. The number of rotatable bonds is 5. The molecule has 0 saturated heterocycles. The van der Waals surface area contributed by atoms with E-state index in [0.29, 0.717) is 12.8 Å². The summed E-state index contributed by atoms with van der Waals surface area (Å²) in [6.07, 6.45) is 2.91. The number of methoxy groups -OCH3 is 1. The predicted octanol–water partition coefficient (Wildman–Crippen LogP) is 0.513. The predicted molar refractivity (Wildman–Crippen MR) is 72.1 cm³/mol. The van der Waals surface area contributed by atoms with Crippen LogP contribution in [0.25, 0.3) is 0 Å². The van der Waals surface area contributed by atoms with Gasteiger partial charge in [0.2, 0.25) is 0 Å². The van der Waals surface area contributed by atoms with E-state index in [1.165, 1.54) is 5.51 Å². The zero-order valence-electron chi connectivity index (χ0n) is 11.0. The second kappa shape index (κ2) is 5.76. The molecule has 2 rings (SSSR count). The number of hydrogen-bond acceptors (Lipinski definition) is 7. The van der Waals surface area contributed by atoms with Gasteiger partial charge in [0.25, 0.3) is 10.0 Å². The van der Waals surface area contributed by atoms with Crippen molar-refractivity contribution in [2.75, 3.05) is 13.7 Å². The summed E-state index contributed by atoms with van der Waals surface area (Å²) in [7, 11) is -2.72. The minimum atomic E-state index is -3.88. The second-order valence-corrected chi connectivity index (χ2v) is 7.55. The molecule has 0 aromatic carbocycles. The third-order valence-corrected chi connectivity index (χ3v) is 6.05. The molecule has 9 heteroatoms. The Morgan fingerprint density at radius 1 is 1.55 bits per heavy atom. The zero-order chi connectivity index (χ0) is 14.8. The molecule has 0 atom stereocenters. The first-order valence-corrected chi connectivity index (χ1v) is 8.48. The Morgan fingerprint density at radius 2 is 2.20 bits per heavy atom. The molecule has 20 heavy (non-hydrogen) atoms. The molecule has 1 saturated carbocycles. The van der Waals surface area contributed by atoms with E-state index in [1.54, 1.807) is 0 Å². The molecule has 1 aromatic rings. The maximum atomic E-state index is 12.2. The molecule has 0 radical (unpaired) electrons. The normalized spacial score (nSPS) is 18.1. The van der Waals surface area contributed by atoms with Crippen molar-refractivity contribution in [3.63, 3.8) is 0 Å². The van der Waals surface area contributed by atoms with Gasteiger partial charge in [-0.1, -0.05) is 12.8 Å². The molecule has 7 nitrogen and oxygen atoms in total. The molecule has 1 aliphatic rings. The first-order valence-electron chi connectivity index (χ1n) is 6.12. The molecule has 0 spiro atoms. The number of hydrogen-bond donors (Lipinski definition) is 2.